The first kappa shape index (κ1) is 13.3. The third kappa shape index (κ3) is 3.24. The van der Waals surface area contributed by atoms with Crippen LogP contribution in [0, 0.1) is 6.92 Å². The third-order valence-electron chi connectivity index (χ3n) is 3.51. The van der Waals surface area contributed by atoms with Crippen molar-refractivity contribution in [3.63, 3.8) is 0 Å². The second-order valence-corrected chi connectivity index (χ2v) is 7.28. The van der Waals surface area contributed by atoms with Crippen molar-refractivity contribution in [2.75, 3.05) is 13.1 Å². The molecule has 1 aliphatic rings. The summed E-state index contributed by atoms with van der Waals surface area (Å²) in [4.78, 5) is 6.84. The van der Waals surface area contributed by atoms with Crippen LogP contribution >= 0.6 is 27.3 Å². The van der Waals surface area contributed by atoms with Crippen LogP contribution in [0.15, 0.2) is 19.8 Å². The average molecular weight is 342 g/mol. The summed E-state index contributed by atoms with van der Waals surface area (Å²) in [6.45, 7) is 5.10. The Labute approximate surface area is 124 Å². The highest BCUT2D eigenvalue weighted by molar-refractivity contribution is 9.11. The minimum atomic E-state index is 0.437. The lowest BCUT2D eigenvalue weighted by Gasteiger charge is -2.29. The van der Waals surface area contributed by atoms with Crippen molar-refractivity contribution < 1.29 is 4.52 Å². The Hall–Kier alpha value is -0.720. The second kappa shape index (κ2) is 5.73. The van der Waals surface area contributed by atoms with E-state index >= 15 is 0 Å². The van der Waals surface area contributed by atoms with Gasteiger partial charge in [0.25, 0.3) is 0 Å². The molecular formula is C13H16BrN3OS. The number of thiophene rings is 1. The lowest BCUT2D eigenvalue weighted by Crippen LogP contribution is -2.32. The molecule has 0 unspecified atom stereocenters. The van der Waals surface area contributed by atoms with Gasteiger partial charge in [0, 0.05) is 12.5 Å². The zero-order valence-electron chi connectivity index (χ0n) is 10.8. The predicted octanol–water partition coefficient (Wildman–Crippen LogP) is 3.58. The quantitative estimate of drug-likeness (QED) is 0.855. The lowest BCUT2D eigenvalue weighted by atomic mass is 9.96. The van der Waals surface area contributed by atoms with E-state index in [2.05, 4.69) is 42.4 Å². The van der Waals surface area contributed by atoms with Crippen molar-refractivity contribution in [1.82, 2.24) is 15.0 Å². The zero-order valence-corrected chi connectivity index (χ0v) is 13.2. The SMILES string of the molecule is Cc1noc(C2CCN(Cc3csc(Br)c3)CC2)n1. The highest BCUT2D eigenvalue weighted by Gasteiger charge is 2.24. The van der Waals surface area contributed by atoms with Crippen molar-refractivity contribution in [3.05, 3.63) is 32.5 Å². The molecule has 0 aromatic carbocycles. The van der Waals surface area contributed by atoms with Crippen molar-refractivity contribution in [3.8, 4) is 0 Å². The Balaban J connectivity index is 1.54. The van der Waals surface area contributed by atoms with Gasteiger partial charge in [-0.1, -0.05) is 5.16 Å². The lowest BCUT2D eigenvalue weighted by molar-refractivity contribution is 0.188. The average Bonchev–Trinajstić information content (AvgIpc) is 3.00. The fraction of sp³-hybridized carbons (Fsp3) is 0.538. The van der Waals surface area contributed by atoms with Crippen LogP contribution in [0.1, 0.15) is 36.0 Å². The summed E-state index contributed by atoms with van der Waals surface area (Å²) in [7, 11) is 0. The van der Waals surface area contributed by atoms with Crippen LogP contribution in [-0.4, -0.2) is 28.1 Å². The van der Waals surface area contributed by atoms with E-state index in [0.717, 1.165) is 44.2 Å². The number of nitrogens with zero attached hydrogens (tertiary/aromatic N) is 3. The van der Waals surface area contributed by atoms with Crippen LogP contribution < -0.4 is 0 Å². The van der Waals surface area contributed by atoms with Crippen LogP contribution in [0.4, 0.5) is 0 Å². The van der Waals surface area contributed by atoms with E-state index in [-0.39, 0.29) is 0 Å². The summed E-state index contributed by atoms with van der Waals surface area (Å²) >= 11 is 5.26. The number of halogens is 1. The molecular weight excluding hydrogens is 326 g/mol. The largest absolute Gasteiger partial charge is 0.339 e. The zero-order chi connectivity index (χ0) is 13.2. The molecule has 4 nitrogen and oxygen atoms in total. The highest BCUT2D eigenvalue weighted by Crippen LogP contribution is 2.28. The van der Waals surface area contributed by atoms with Crippen LogP contribution in [0.5, 0.6) is 0 Å². The molecule has 0 amide bonds. The van der Waals surface area contributed by atoms with Crippen LogP contribution in [-0.2, 0) is 6.54 Å². The van der Waals surface area contributed by atoms with E-state index in [1.54, 1.807) is 11.3 Å². The number of likely N-dealkylation sites (tertiary alicyclic amines) is 1. The van der Waals surface area contributed by atoms with Gasteiger partial charge in [-0.05, 0) is 65.8 Å². The number of piperidine rings is 1. The highest BCUT2D eigenvalue weighted by atomic mass is 79.9. The molecule has 0 spiro atoms. The van der Waals surface area contributed by atoms with Gasteiger partial charge >= 0.3 is 0 Å². The third-order valence-corrected chi connectivity index (χ3v) is 5.06. The van der Waals surface area contributed by atoms with Gasteiger partial charge in [0.2, 0.25) is 5.89 Å². The molecule has 0 aliphatic carbocycles. The molecule has 6 heteroatoms. The maximum atomic E-state index is 5.28. The molecule has 0 atom stereocenters. The normalized spacial score (nSPS) is 18.0. The summed E-state index contributed by atoms with van der Waals surface area (Å²) in [5, 5.41) is 6.10. The Morgan fingerprint density at radius 1 is 1.47 bits per heavy atom. The fourth-order valence-electron chi connectivity index (χ4n) is 2.50. The minimum absolute atomic E-state index is 0.437. The molecule has 1 fully saturated rings. The van der Waals surface area contributed by atoms with Crippen molar-refractivity contribution in [2.24, 2.45) is 0 Å². The van der Waals surface area contributed by atoms with Gasteiger partial charge in [0.15, 0.2) is 5.82 Å². The fourth-order valence-corrected chi connectivity index (χ4v) is 3.70. The van der Waals surface area contributed by atoms with E-state index in [0.29, 0.717) is 5.92 Å². The number of hydrogen-bond donors (Lipinski definition) is 0. The van der Waals surface area contributed by atoms with Gasteiger partial charge in [-0.3, -0.25) is 4.90 Å². The summed E-state index contributed by atoms with van der Waals surface area (Å²) in [6, 6.07) is 2.21. The maximum absolute atomic E-state index is 5.28. The summed E-state index contributed by atoms with van der Waals surface area (Å²) in [6.07, 6.45) is 2.21. The van der Waals surface area contributed by atoms with Gasteiger partial charge < -0.3 is 4.52 Å². The van der Waals surface area contributed by atoms with Crippen LogP contribution in [0.2, 0.25) is 0 Å². The summed E-state index contributed by atoms with van der Waals surface area (Å²) in [5.41, 5.74) is 1.39. The van der Waals surface area contributed by atoms with E-state index in [1.807, 2.05) is 6.92 Å². The molecule has 0 radical (unpaired) electrons. The minimum Gasteiger partial charge on any atom is -0.339 e. The second-order valence-electron chi connectivity index (χ2n) is 4.99. The molecule has 1 aliphatic heterocycles. The maximum Gasteiger partial charge on any atom is 0.229 e. The molecule has 2 aromatic heterocycles. The number of aryl methyl sites for hydroxylation is 1. The molecule has 3 rings (SSSR count). The van der Waals surface area contributed by atoms with Gasteiger partial charge in [0.1, 0.15) is 0 Å². The Morgan fingerprint density at radius 3 is 2.84 bits per heavy atom. The molecule has 0 bridgehead atoms. The predicted molar refractivity (Wildman–Crippen MR) is 78.3 cm³/mol. The number of rotatable bonds is 3. The number of aromatic nitrogens is 2. The van der Waals surface area contributed by atoms with Gasteiger partial charge in [0.05, 0.1) is 3.79 Å². The monoisotopic (exact) mass is 341 g/mol. The molecule has 3 heterocycles. The summed E-state index contributed by atoms with van der Waals surface area (Å²) in [5.74, 6) is 1.99. The number of hydrogen-bond acceptors (Lipinski definition) is 5. The standard InChI is InChI=1S/C13H16BrN3OS/c1-9-15-13(18-16-9)11-2-4-17(5-3-11)7-10-6-12(14)19-8-10/h6,8,11H,2-5,7H2,1H3. The van der Waals surface area contributed by atoms with Crippen LogP contribution in [0.3, 0.4) is 0 Å². The Kier molecular flexibility index (Phi) is 4.00. The van der Waals surface area contributed by atoms with Crippen molar-refractivity contribution >= 4 is 27.3 Å². The molecule has 0 N–H and O–H groups in total. The van der Waals surface area contributed by atoms with E-state index in [4.69, 9.17) is 4.52 Å². The van der Waals surface area contributed by atoms with Crippen molar-refractivity contribution in [2.45, 2.75) is 32.2 Å². The topological polar surface area (TPSA) is 42.2 Å². The molecule has 1 saturated heterocycles. The molecule has 102 valence electrons. The van der Waals surface area contributed by atoms with E-state index in [9.17, 15) is 0 Å². The van der Waals surface area contributed by atoms with Crippen molar-refractivity contribution in [1.29, 1.82) is 0 Å². The molecule has 19 heavy (non-hydrogen) atoms. The first-order valence-electron chi connectivity index (χ1n) is 6.46. The first-order chi connectivity index (χ1) is 9.20. The van der Waals surface area contributed by atoms with Gasteiger partial charge in [-0.2, -0.15) is 4.98 Å². The van der Waals surface area contributed by atoms with Gasteiger partial charge in [-0.25, -0.2) is 0 Å². The molecule has 0 saturated carbocycles. The van der Waals surface area contributed by atoms with E-state index < -0.39 is 0 Å². The first-order valence-corrected chi connectivity index (χ1v) is 8.13. The Bertz CT molecular complexity index is 546. The van der Waals surface area contributed by atoms with E-state index in [1.165, 1.54) is 9.35 Å². The smallest absolute Gasteiger partial charge is 0.229 e. The Morgan fingerprint density at radius 2 is 2.26 bits per heavy atom. The summed E-state index contributed by atoms with van der Waals surface area (Å²) < 4.78 is 6.48. The van der Waals surface area contributed by atoms with Gasteiger partial charge in [-0.15, -0.1) is 11.3 Å². The molecule has 2 aromatic rings. The van der Waals surface area contributed by atoms with Crippen LogP contribution in [0.25, 0.3) is 0 Å².